The normalized spacial score (nSPS) is 12.3. The van der Waals surface area contributed by atoms with Crippen molar-refractivity contribution in [3.05, 3.63) is 86.9 Å². The molecule has 180 valence electrons. The third-order valence-corrected chi connectivity index (χ3v) is 7.43. The lowest BCUT2D eigenvalue weighted by atomic mass is 10.1. The van der Waals surface area contributed by atoms with Crippen LogP contribution in [0.15, 0.2) is 65.6 Å². The summed E-state index contributed by atoms with van der Waals surface area (Å²) >= 11 is 18.2. The highest BCUT2D eigenvalue weighted by molar-refractivity contribution is 7.89. The second kappa shape index (κ2) is 11.4. The predicted octanol–water partition coefficient (Wildman–Crippen LogP) is 5.88. The molecule has 0 saturated carbocycles. The number of anilines is 1. The molecule has 34 heavy (non-hydrogen) atoms. The Bertz CT molecular complexity index is 1280. The summed E-state index contributed by atoms with van der Waals surface area (Å²) in [5.74, 6) is -0.00957. The van der Waals surface area contributed by atoms with Crippen LogP contribution in [0, 0.1) is 6.92 Å². The smallest absolute Gasteiger partial charge is 0.242 e. The van der Waals surface area contributed by atoms with Gasteiger partial charge in [0.25, 0.3) is 0 Å². The van der Waals surface area contributed by atoms with Gasteiger partial charge in [0.1, 0.15) is 11.8 Å². The molecule has 3 rings (SSSR count). The van der Waals surface area contributed by atoms with Gasteiger partial charge < -0.3 is 10.1 Å². The Hall–Kier alpha value is -2.29. The highest BCUT2D eigenvalue weighted by atomic mass is 35.5. The van der Waals surface area contributed by atoms with Crippen LogP contribution in [0.1, 0.15) is 18.1 Å². The molecule has 0 bridgehead atoms. The van der Waals surface area contributed by atoms with Crippen LogP contribution < -0.4 is 14.8 Å². The van der Waals surface area contributed by atoms with Crippen molar-refractivity contribution in [1.29, 1.82) is 0 Å². The molecule has 0 saturated heterocycles. The number of halogens is 3. The molecule has 0 aromatic heterocycles. The number of sulfonamides is 1. The highest BCUT2D eigenvalue weighted by Crippen LogP contribution is 2.32. The van der Waals surface area contributed by atoms with Gasteiger partial charge in [-0.25, -0.2) is 8.42 Å². The first-order chi connectivity index (χ1) is 16.1. The van der Waals surface area contributed by atoms with E-state index in [4.69, 9.17) is 39.5 Å². The van der Waals surface area contributed by atoms with Crippen molar-refractivity contribution < 1.29 is 17.9 Å². The summed E-state index contributed by atoms with van der Waals surface area (Å²) < 4.78 is 34.4. The van der Waals surface area contributed by atoms with Crippen molar-refractivity contribution >= 4 is 56.4 Å². The lowest BCUT2D eigenvalue weighted by molar-refractivity contribution is -0.117. The van der Waals surface area contributed by atoms with Crippen LogP contribution in [-0.2, 0) is 21.2 Å². The Kier molecular flexibility index (Phi) is 8.84. The summed E-state index contributed by atoms with van der Waals surface area (Å²) in [4.78, 5) is 13.2. The number of hydrogen-bond donors (Lipinski definition) is 2. The number of carbonyl (C=O) groups excluding carboxylic acids is 1. The first kappa shape index (κ1) is 26.3. The molecular formula is C24H23Cl3N2O4S. The minimum absolute atomic E-state index is 0.0203. The number of nitrogens with one attached hydrogen (secondary N) is 2. The fourth-order valence-corrected chi connectivity index (χ4v) is 5.11. The molecule has 1 unspecified atom stereocenters. The van der Waals surface area contributed by atoms with Crippen LogP contribution in [0.5, 0.6) is 5.75 Å². The molecular weight excluding hydrogens is 519 g/mol. The average Bonchev–Trinajstić information content (AvgIpc) is 2.79. The topological polar surface area (TPSA) is 84.5 Å². The Morgan fingerprint density at radius 1 is 0.971 bits per heavy atom. The quantitative estimate of drug-likeness (QED) is 0.331. The second-order valence-electron chi connectivity index (χ2n) is 7.46. The lowest BCUT2D eigenvalue weighted by Crippen LogP contribution is -2.45. The van der Waals surface area contributed by atoms with E-state index in [1.54, 1.807) is 13.0 Å². The van der Waals surface area contributed by atoms with Crippen LogP contribution >= 0.6 is 34.8 Å². The summed E-state index contributed by atoms with van der Waals surface area (Å²) in [7, 11) is -4.04. The van der Waals surface area contributed by atoms with Gasteiger partial charge in [0.05, 0.1) is 32.3 Å². The maximum atomic E-state index is 13.2. The minimum Gasteiger partial charge on any atom is -0.494 e. The van der Waals surface area contributed by atoms with Crippen LogP contribution in [0.3, 0.4) is 0 Å². The lowest BCUT2D eigenvalue weighted by Gasteiger charge is -2.20. The Labute approximate surface area is 214 Å². The summed E-state index contributed by atoms with van der Waals surface area (Å²) in [6.45, 7) is 4.06. The van der Waals surface area contributed by atoms with E-state index in [-0.39, 0.29) is 32.1 Å². The second-order valence-corrected chi connectivity index (χ2v) is 10.4. The number of amides is 1. The fraction of sp³-hybridized carbons (Fsp3) is 0.208. The van der Waals surface area contributed by atoms with Gasteiger partial charge in [-0.15, -0.1) is 0 Å². The fourth-order valence-electron chi connectivity index (χ4n) is 3.24. The van der Waals surface area contributed by atoms with Crippen molar-refractivity contribution in [1.82, 2.24) is 4.72 Å². The van der Waals surface area contributed by atoms with Crippen LogP contribution in [-0.4, -0.2) is 27.0 Å². The molecule has 0 radical (unpaired) electrons. The van der Waals surface area contributed by atoms with Crippen molar-refractivity contribution in [2.24, 2.45) is 0 Å². The van der Waals surface area contributed by atoms with Gasteiger partial charge in [-0.05, 0) is 61.7 Å². The SMILES string of the molecule is CCOc1ccc(S(=O)(=O)NC(Cc2ccccc2)C(=O)Nc2cc(Cl)c(Cl)cc2Cl)cc1C. The molecule has 10 heteroatoms. The summed E-state index contributed by atoms with van der Waals surface area (Å²) in [6, 6.07) is 15.3. The molecule has 1 amide bonds. The van der Waals surface area contributed by atoms with Gasteiger partial charge in [-0.2, -0.15) is 4.72 Å². The molecule has 0 fully saturated rings. The van der Waals surface area contributed by atoms with E-state index >= 15 is 0 Å². The standard InChI is InChI=1S/C24H23Cl3N2O4S/c1-3-33-23-10-9-17(11-15(23)2)34(31,32)29-22(12-16-7-5-4-6-8-16)24(30)28-21-14-19(26)18(25)13-20(21)27/h4-11,13-14,22,29H,3,12H2,1-2H3,(H,28,30). The molecule has 0 aliphatic heterocycles. The van der Waals surface area contributed by atoms with Gasteiger partial charge in [0.15, 0.2) is 0 Å². The first-order valence-corrected chi connectivity index (χ1v) is 13.0. The molecule has 2 N–H and O–H groups in total. The van der Waals surface area contributed by atoms with E-state index < -0.39 is 22.0 Å². The van der Waals surface area contributed by atoms with Gasteiger partial charge in [0, 0.05) is 0 Å². The summed E-state index contributed by atoms with van der Waals surface area (Å²) in [6.07, 6.45) is 0.112. The van der Waals surface area contributed by atoms with Crippen LogP contribution in [0.2, 0.25) is 15.1 Å². The first-order valence-electron chi connectivity index (χ1n) is 10.4. The summed E-state index contributed by atoms with van der Waals surface area (Å²) in [5.41, 5.74) is 1.65. The van der Waals surface area contributed by atoms with E-state index in [2.05, 4.69) is 10.0 Å². The Morgan fingerprint density at radius 2 is 1.65 bits per heavy atom. The molecule has 0 heterocycles. The number of carbonyl (C=O) groups is 1. The number of ether oxygens (including phenoxy) is 1. The maximum Gasteiger partial charge on any atom is 0.242 e. The monoisotopic (exact) mass is 540 g/mol. The molecule has 6 nitrogen and oxygen atoms in total. The summed E-state index contributed by atoms with van der Waals surface area (Å²) in [5, 5.41) is 3.26. The van der Waals surface area contributed by atoms with Crippen molar-refractivity contribution in [2.45, 2.75) is 31.2 Å². The maximum absolute atomic E-state index is 13.2. The van der Waals surface area contributed by atoms with E-state index in [1.807, 2.05) is 37.3 Å². The van der Waals surface area contributed by atoms with E-state index in [1.165, 1.54) is 24.3 Å². The minimum atomic E-state index is -4.04. The zero-order chi connectivity index (χ0) is 24.9. The van der Waals surface area contributed by atoms with Crippen LogP contribution in [0.25, 0.3) is 0 Å². The molecule has 0 aliphatic rings. The number of aryl methyl sites for hydroxylation is 1. The van der Waals surface area contributed by atoms with Gasteiger partial charge in [-0.1, -0.05) is 65.1 Å². The van der Waals surface area contributed by atoms with E-state index in [0.29, 0.717) is 17.9 Å². The zero-order valence-electron chi connectivity index (χ0n) is 18.4. The molecule has 0 aliphatic carbocycles. The third kappa shape index (κ3) is 6.64. The van der Waals surface area contributed by atoms with Crippen molar-refractivity contribution in [3.63, 3.8) is 0 Å². The molecule has 0 spiro atoms. The Morgan fingerprint density at radius 3 is 2.29 bits per heavy atom. The average molecular weight is 542 g/mol. The molecule has 3 aromatic rings. The van der Waals surface area contributed by atoms with Gasteiger partial charge in [-0.3, -0.25) is 4.79 Å². The number of rotatable bonds is 9. The van der Waals surface area contributed by atoms with Crippen LogP contribution in [0.4, 0.5) is 5.69 Å². The zero-order valence-corrected chi connectivity index (χ0v) is 21.5. The van der Waals surface area contributed by atoms with E-state index in [0.717, 1.165) is 5.56 Å². The number of hydrogen-bond acceptors (Lipinski definition) is 4. The van der Waals surface area contributed by atoms with Gasteiger partial charge >= 0.3 is 0 Å². The Balaban J connectivity index is 1.90. The van der Waals surface area contributed by atoms with Gasteiger partial charge in [0.2, 0.25) is 15.9 Å². The predicted molar refractivity (Wildman–Crippen MR) is 137 cm³/mol. The highest BCUT2D eigenvalue weighted by Gasteiger charge is 2.27. The van der Waals surface area contributed by atoms with E-state index in [9.17, 15) is 13.2 Å². The van der Waals surface area contributed by atoms with Crippen molar-refractivity contribution in [2.75, 3.05) is 11.9 Å². The third-order valence-electron chi connectivity index (χ3n) is 4.92. The molecule has 3 aromatic carbocycles. The molecule has 1 atom stereocenters. The number of benzene rings is 3. The van der Waals surface area contributed by atoms with Crippen molar-refractivity contribution in [3.8, 4) is 5.75 Å². The largest absolute Gasteiger partial charge is 0.494 e.